The minimum Gasteiger partial charge on any atom is -0.336 e. The molecule has 144 valence electrons. The number of hydrogen-bond acceptors (Lipinski definition) is 7. The normalized spacial score (nSPS) is 14.9. The summed E-state index contributed by atoms with van der Waals surface area (Å²) in [5.41, 5.74) is 1.26. The fourth-order valence-corrected chi connectivity index (χ4v) is 3.21. The summed E-state index contributed by atoms with van der Waals surface area (Å²) in [7, 11) is 0. The van der Waals surface area contributed by atoms with Gasteiger partial charge in [0.1, 0.15) is 6.33 Å². The van der Waals surface area contributed by atoms with Gasteiger partial charge in [-0.05, 0) is 34.7 Å². The van der Waals surface area contributed by atoms with Crippen molar-refractivity contribution in [2.24, 2.45) is 0 Å². The molecule has 28 heavy (non-hydrogen) atoms. The fraction of sp³-hybridized carbons (Fsp3) is 0.333. The Morgan fingerprint density at radius 1 is 1.04 bits per heavy atom. The van der Waals surface area contributed by atoms with Gasteiger partial charge in [0.15, 0.2) is 0 Å². The second-order valence-corrected chi connectivity index (χ2v) is 6.52. The van der Waals surface area contributed by atoms with Crippen LogP contribution in [0.5, 0.6) is 0 Å². The lowest BCUT2D eigenvalue weighted by atomic mass is 10.1. The lowest BCUT2D eigenvalue weighted by Gasteiger charge is -2.34. The van der Waals surface area contributed by atoms with Gasteiger partial charge in [0.2, 0.25) is 0 Å². The standard InChI is InChI=1S/C18H20N8O2/c27-17-5-2-6-20-25(17)12-9-23-7-10-24(11-8-23)18(28)15-3-1-4-16(13-15)26-14-19-21-22-26/h1-6,13-14H,7-12H2. The van der Waals surface area contributed by atoms with Crippen molar-refractivity contribution in [3.05, 3.63) is 64.8 Å². The Bertz CT molecular complexity index is 993. The zero-order valence-electron chi connectivity index (χ0n) is 15.3. The minimum absolute atomic E-state index is 0.00415. The number of aromatic nitrogens is 6. The number of hydrogen-bond donors (Lipinski definition) is 0. The highest BCUT2D eigenvalue weighted by atomic mass is 16.2. The molecule has 0 N–H and O–H groups in total. The van der Waals surface area contributed by atoms with Crippen LogP contribution in [0.15, 0.2) is 53.7 Å². The summed E-state index contributed by atoms with van der Waals surface area (Å²) >= 11 is 0. The molecule has 10 heteroatoms. The second kappa shape index (κ2) is 8.09. The number of carbonyl (C=O) groups is 1. The first-order valence-electron chi connectivity index (χ1n) is 9.08. The molecule has 0 atom stereocenters. The molecule has 0 spiro atoms. The van der Waals surface area contributed by atoms with E-state index in [9.17, 15) is 9.59 Å². The number of amides is 1. The van der Waals surface area contributed by atoms with E-state index in [0.29, 0.717) is 25.2 Å². The van der Waals surface area contributed by atoms with Gasteiger partial charge in [0.05, 0.1) is 12.2 Å². The monoisotopic (exact) mass is 380 g/mol. The zero-order chi connectivity index (χ0) is 19.3. The van der Waals surface area contributed by atoms with Gasteiger partial charge in [-0.3, -0.25) is 14.5 Å². The molecule has 1 aromatic carbocycles. The summed E-state index contributed by atoms with van der Waals surface area (Å²) in [6, 6.07) is 10.4. The van der Waals surface area contributed by atoms with Crippen LogP contribution in [0.1, 0.15) is 10.4 Å². The predicted molar refractivity (Wildman–Crippen MR) is 100.0 cm³/mol. The molecule has 1 saturated heterocycles. The van der Waals surface area contributed by atoms with E-state index in [2.05, 4.69) is 25.5 Å². The number of nitrogens with zero attached hydrogens (tertiary/aromatic N) is 8. The maximum atomic E-state index is 12.8. The molecule has 0 saturated carbocycles. The summed E-state index contributed by atoms with van der Waals surface area (Å²) in [6.07, 6.45) is 3.11. The van der Waals surface area contributed by atoms with Crippen LogP contribution in [0.25, 0.3) is 5.69 Å². The third-order valence-corrected chi connectivity index (χ3v) is 4.78. The average Bonchev–Trinajstić information content (AvgIpc) is 3.28. The Hall–Kier alpha value is -3.40. The zero-order valence-corrected chi connectivity index (χ0v) is 15.3. The van der Waals surface area contributed by atoms with E-state index in [-0.39, 0.29) is 11.5 Å². The Kier molecular flexibility index (Phi) is 5.20. The molecule has 1 fully saturated rings. The molecule has 1 amide bonds. The van der Waals surface area contributed by atoms with Crippen molar-refractivity contribution in [2.75, 3.05) is 32.7 Å². The van der Waals surface area contributed by atoms with Crippen molar-refractivity contribution in [1.29, 1.82) is 0 Å². The molecule has 1 aliphatic rings. The highest BCUT2D eigenvalue weighted by Gasteiger charge is 2.22. The van der Waals surface area contributed by atoms with E-state index in [1.165, 1.54) is 21.8 Å². The van der Waals surface area contributed by atoms with Crippen LogP contribution in [-0.4, -0.2) is 78.4 Å². The first kappa shape index (κ1) is 18.0. The molecule has 2 aromatic heterocycles. The number of carbonyl (C=O) groups excluding carboxylic acids is 1. The molecule has 1 aliphatic heterocycles. The first-order chi connectivity index (χ1) is 13.7. The first-order valence-corrected chi connectivity index (χ1v) is 9.08. The number of benzene rings is 1. The van der Waals surface area contributed by atoms with Crippen LogP contribution < -0.4 is 5.56 Å². The van der Waals surface area contributed by atoms with Crippen LogP contribution >= 0.6 is 0 Å². The highest BCUT2D eigenvalue weighted by molar-refractivity contribution is 5.94. The Morgan fingerprint density at radius 2 is 1.89 bits per heavy atom. The fourth-order valence-electron chi connectivity index (χ4n) is 3.21. The number of rotatable bonds is 5. The van der Waals surface area contributed by atoms with Gasteiger partial charge in [-0.25, -0.2) is 9.36 Å². The molecule has 3 heterocycles. The third kappa shape index (κ3) is 3.96. The van der Waals surface area contributed by atoms with Gasteiger partial charge >= 0.3 is 0 Å². The Morgan fingerprint density at radius 3 is 2.64 bits per heavy atom. The maximum absolute atomic E-state index is 12.8. The maximum Gasteiger partial charge on any atom is 0.266 e. The van der Waals surface area contributed by atoms with Gasteiger partial charge in [0, 0.05) is 50.6 Å². The molecule has 0 bridgehead atoms. The largest absolute Gasteiger partial charge is 0.336 e. The quantitative estimate of drug-likeness (QED) is 0.598. The SMILES string of the molecule is O=C(c1cccc(-n2cnnn2)c1)N1CCN(CCn2ncccc2=O)CC1. The summed E-state index contributed by atoms with van der Waals surface area (Å²) in [5, 5.41) is 15.2. The van der Waals surface area contributed by atoms with E-state index in [4.69, 9.17) is 0 Å². The summed E-state index contributed by atoms with van der Waals surface area (Å²) < 4.78 is 2.98. The molecule has 0 aliphatic carbocycles. The van der Waals surface area contributed by atoms with Crippen molar-refractivity contribution in [1.82, 2.24) is 39.8 Å². The van der Waals surface area contributed by atoms with Crippen LogP contribution in [-0.2, 0) is 6.54 Å². The molecule has 4 rings (SSSR count). The topological polar surface area (TPSA) is 102 Å². The van der Waals surface area contributed by atoms with Crippen molar-refractivity contribution >= 4 is 5.91 Å². The summed E-state index contributed by atoms with van der Waals surface area (Å²) in [4.78, 5) is 28.6. The van der Waals surface area contributed by atoms with Gasteiger partial charge in [-0.2, -0.15) is 5.10 Å². The number of tetrazole rings is 1. The van der Waals surface area contributed by atoms with E-state index >= 15 is 0 Å². The van der Waals surface area contributed by atoms with Crippen LogP contribution in [0.3, 0.4) is 0 Å². The van der Waals surface area contributed by atoms with Gasteiger partial charge < -0.3 is 4.90 Å². The van der Waals surface area contributed by atoms with Crippen LogP contribution in [0.2, 0.25) is 0 Å². The molecular formula is C18H20N8O2. The second-order valence-electron chi connectivity index (χ2n) is 6.52. The van der Waals surface area contributed by atoms with E-state index in [1.54, 1.807) is 24.4 Å². The van der Waals surface area contributed by atoms with E-state index < -0.39 is 0 Å². The van der Waals surface area contributed by atoms with Crippen molar-refractivity contribution in [3.63, 3.8) is 0 Å². The minimum atomic E-state index is -0.0984. The Balaban J connectivity index is 1.34. The lowest BCUT2D eigenvalue weighted by Crippen LogP contribution is -2.49. The average molecular weight is 380 g/mol. The smallest absolute Gasteiger partial charge is 0.266 e. The molecule has 10 nitrogen and oxygen atoms in total. The van der Waals surface area contributed by atoms with Crippen molar-refractivity contribution < 1.29 is 4.79 Å². The molecule has 0 unspecified atom stereocenters. The van der Waals surface area contributed by atoms with E-state index in [1.807, 2.05) is 17.0 Å². The summed E-state index contributed by atoms with van der Waals surface area (Å²) in [6.45, 7) is 4.09. The van der Waals surface area contributed by atoms with E-state index in [0.717, 1.165) is 25.3 Å². The summed E-state index contributed by atoms with van der Waals surface area (Å²) in [5.74, 6) is -0.00415. The number of piperazine rings is 1. The van der Waals surface area contributed by atoms with Crippen molar-refractivity contribution in [3.8, 4) is 5.69 Å². The third-order valence-electron chi connectivity index (χ3n) is 4.78. The Labute approximate surface area is 161 Å². The molecular weight excluding hydrogens is 360 g/mol. The lowest BCUT2D eigenvalue weighted by molar-refractivity contribution is 0.0631. The highest BCUT2D eigenvalue weighted by Crippen LogP contribution is 2.13. The molecule has 0 radical (unpaired) electrons. The predicted octanol–water partition coefficient (Wildman–Crippen LogP) is -0.323. The van der Waals surface area contributed by atoms with Gasteiger partial charge in [-0.1, -0.05) is 6.07 Å². The van der Waals surface area contributed by atoms with Crippen molar-refractivity contribution in [2.45, 2.75) is 6.54 Å². The van der Waals surface area contributed by atoms with Crippen LogP contribution in [0, 0.1) is 0 Å². The molecule has 3 aromatic rings. The van der Waals surface area contributed by atoms with Crippen LogP contribution in [0.4, 0.5) is 0 Å². The van der Waals surface area contributed by atoms with Gasteiger partial charge in [0.25, 0.3) is 11.5 Å². The van der Waals surface area contributed by atoms with Gasteiger partial charge in [-0.15, -0.1) is 5.10 Å².